The molecule has 40 heavy (non-hydrogen) atoms. The third-order valence-corrected chi connectivity index (χ3v) is 7.26. The summed E-state index contributed by atoms with van der Waals surface area (Å²) in [6.45, 7) is 0. The summed E-state index contributed by atoms with van der Waals surface area (Å²) < 4.78 is 0. The molecule has 2 aliphatic heterocycles. The van der Waals surface area contributed by atoms with Gasteiger partial charge in [0.05, 0.1) is 0 Å². The number of amidine groups is 2. The quantitative estimate of drug-likeness (QED) is 0.259. The van der Waals surface area contributed by atoms with Gasteiger partial charge < -0.3 is 10.6 Å². The van der Waals surface area contributed by atoms with Crippen LogP contribution in [0, 0.1) is 0 Å². The highest BCUT2D eigenvalue weighted by molar-refractivity contribution is 6.13. The number of hydrogen-bond acceptors (Lipinski definition) is 5. The van der Waals surface area contributed by atoms with E-state index in [-0.39, 0.29) is 12.3 Å². The number of allylic oxidation sites excluding steroid dienone is 1. The molecule has 0 saturated carbocycles. The molecule has 2 N–H and O–H groups in total. The lowest BCUT2D eigenvalue weighted by Gasteiger charge is -2.25. The summed E-state index contributed by atoms with van der Waals surface area (Å²) in [4.78, 5) is 14.6. The Bertz CT molecular complexity index is 1780. The normalized spacial score (nSPS) is 18.0. The second-order valence-electron chi connectivity index (χ2n) is 9.79. The lowest BCUT2D eigenvalue weighted by atomic mass is 9.92. The molecular formula is C35H27N5. The molecule has 2 unspecified atom stereocenters. The zero-order valence-corrected chi connectivity index (χ0v) is 21.8. The average molecular weight is 518 g/mol. The summed E-state index contributed by atoms with van der Waals surface area (Å²) in [7, 11) is 0. The van der Waals surface area contributed by atoms with Crippen molar-refractivity contribution in [1.82, 2.24) is 10.6 Å². The van der Waals surface area contributed by atoms with E-state index in [1.165, 1.54) is 16.3 Å². The van der Waals surface area contributed by atoms with Crippen LogP contribution in [-0.4, -0.2) is 17.9 Å². The van der Waals surface area contributed by atoms with Gasteiger partial charge in [-0.2, -0.15) is 0 Å². The fourth-order valence-corrected chi connectivity index (χ4v) is 5.30. The van der Waals surface area contributed by atoms with Gasteiger partial charge in [-0.1, -0.05) is 121 Å². The van der Waals surface area contributed by atoms with Gasteiger partial charge in [0.15, 0.2) is 5.84 Å². The Hall–Kier alpha value is -5.29. The van der Waals surface area contributed by atoms with Gasteiger partial charge >= 0.3 is 0 Å². The first-order valence-corrected chi connectivity index (χ1v) is 13.4. The molecule has 5 nitrogen and oxygen atoms in total. The zero-order valence-electron chi connectivity index (χ0n) is 21.8. The van der Waals surface area contributed by atoms with Crippen LogP contribution in [-0.2, 0) is 0 Å². The summed E-state index contributed by atoms with van der Waals surface area (Å²) in [5.74, 6) is 1.53. The molecule has 5 aromatic carbocycles. The van der Waals surface area contributed by atoms with Crippen molar-refractivity contribution in [2.75, 3.05) is 0 Å². The van der Waals surface area contributed by atoms with E-state index in [1.807, 2.05) is 54.9 Å². The van der Waals surface area contributed by atoms with Crippen molar-refractivity contribution in [3.63, 3.8) is 0 Å². The number of nitrogens with one attached hydrogen (secondary N) is 2. The highest BCUT2D eigenvalue weighted by atomic mass is 15.2. The minimum atomic E-state index is -0.306. The van der Waals surface area contributed by atoms with Crippen LogP contribution in [0.5, 0.6) is 0 Å². The topological polar surface area (TPSA) is 61.1 Å². The van der Waals surface area contributed by atoms with Crippen LogP contribution in [0.15, 0.2) is 149 Å². The van der Waals surface area contributed by atoms with Crippen LogP contribution < -0.4 is 10.6 Å². The van der Waals surface area contributed by atoms with Crippen LogP contribution >= 0.6 is 0 Å². The Morgan fingerprint density at radius 3 is 2.05 bits per heavy atom. The van der Waals surface area contributed by atoms with Gasteiger partial charge in [-0.3, -0.25) is 4.99 Å². The van der Waals surface area contributed by atoms with Gasteiger partial charge in [0.2, 0.25) is 0 Å². The van der Waals surface area contributed by atoms with Crippen molar-refractivity contribution in [2.24, 2.45) is 15.0 Å². The molecular weight excluding hydrogens is 490 g/mol. The molecule has 0 radical (unpaired) electrons. The smallest absolute Gasteiger partial charge is 0.159 e. The first-order valence-electron chi connectivity index (χ1n) is 13.4. The van der Waals surface area contributed by atoms with E-state index >= 15 is 0 Å². The Morgan fingerprint density at radius 1 is 0.600 bits per heavy atom. The van der Waals surface area contributed by atoms with Crippen LogP contribution in [0.4, 0.5) is 0 Å². The van der Waals surface area contributed by atoms with Gasteiger partial charge in [0.25, 0.3) is 0 Å². The molecule has 5 aromatic rings. The van der Waals surface area contributed by atoms with Gasteiger partial charge in [0, 0.05) is 22.9 Å². The van der Waals surface area contributed by atoms with Gasteiger partial charge in [-0.15, -0.1) is 0 Å². The summed E-state index contributed by atoms with van der Waals surface area (Å²) in [5, 5.41) is 9.29. The molecule has 2 atom stereocenters. The van der Waals surface area contributed by atoms with Crippen LogP contribution in [0.25, 0.3) is 21.9 Å². The van der Waals surface area contributed by atoms with E-state index in [0.29, 0.717) is 0 Å². The highest BCUT2D eigenvalue weighted by Gasteiger charge is 2.23. The first-order chi connectivity index (χ1) is 19.8. The third kappa shape index (κ3) is 4.58. The number of fused-ring (bicyclic) bond motifs is 1. The molecule has 192 valence electrons. The molecule has 2 heterocycles. The van der Waals surface area contributed by atoms with E-state index in [1.54, 1.807) is 0 Å². The summed E-state index contributed by atoms with van der Waals surface area (Å²) >= 11 is 0. The molecule has 2 aliphatic rings. The Kier molecular flexibility index (Phi) is 6.23. The van der Waals surface area contributed by atoms with Crippen LogP contribution in [0.3, 0.4) is 0 Å². The second-order valence-corrected chi connectivity index (χ2v) is 9.79. The molecule has 0 spiro atoms. The highest BCUT2D eigenvalue weighted by Crippen LogP contribution is 2.36. The molecule has 5 heteroatoms. The zero-order chi connectivity index (χ0) is 26.7. The number of rotatable bonds is 5. The van der Waals surface area contributed by atoms with Gasteiger partial charge in [-0.25, -0.2) is 9.98 Å². The maximum absolute atomic E-state index is 5.15. The lowest BCUT2D eigenvalue weighted by Crippen LogP contribution is -2.33. The monoisotopic (exact) mass is 517 g/mol. The number of hydrogen-bond donors (Lipinski definition) is 2. The third-order valence-electron chi connectivity index (χ3n) is 7.26. The number of nitrogens with zero attached hydrogens (tertiary/aromatic N) is 3. The van der Waals surface area contributed by atoms with Crippen molar-refractivity contribution in [3.05, 3.63) is 156 Å². The predicted octanol–water partition coefficient (Wildman–Crippen LogP) is 7.19. The maximum Gasteiger partial charge on any atom is 0.159 e. The molecule has 0 aliphatic carbocycles. The van der Waals surface area contributed by atoms with Crippen molar-refractivity contribution >= 4 is 28.7 Å². The largest absolute Gasteiger partial charge is 0.366 e. The Morgan fingerprint density at radius 2 is 1.32 bits per heavy atom. The van der Waals surface area contributed by atoms with E-state index in [4.69, 9.17) is 9.98 Å². The standard InChI is InChI=1S/C35H27N5/c1-3-10-26(11-4-1)33-38-34(27-12-5-2-6-13-27)40-35(39-33)30-17-8-15-25-14-7-16-29(31(25)30)24-18-20-28(21-19-24)32-36-22-9-23-37-32/h1-23,32,35-36H,(H,38,39,40). The van der Waals surface area contributed by atoms with Crippen molar-refractivity contribution in [2.45, 2.75) is 12.3 Å². The van der Waals surface area contributed by atoms with Crippen molar-refractivity contribution < 1.29 is 0 Å². The Labute approximate surface area is 233 Å². The van der Waals surface area contributed by atoms with Crippen molar-refractivity contribution in [1.29, 1.82) is 0 Å². The average Bonchev–Trinajstić information content (AvgIpc) is 3.05. The van der Waals surface area contributed by atoms with Crippen LogP contribution in [0.1, 0.15) is 34.6 Å². The Balaban J connectivity index is 1.34. The first kappa shape index (κ1) is 23.8. The fraction of sp³-hybridized carbons (Fsp3) is 0.0571. The summed E-state index contributed by atoms with van der Waals surface area (Å²) in [5.41, 5.74) is 6.57. The lowest BCUT2D eigenvalue weighted by molar-refractivity contribution is 0.653. The van der Waals surface area contributed by atoms with E-state index in [2.05, 4.69) is 101 Å². The van der Waals surface area contributed by atoms with E-state index in [9.17, 15) is 0 Å². The molecule has 7 rings (SSSR count). The summed E-state index contributed by atoms with van der Waals surface area (Å²) in [6.07, 6.45) is 5.30. The van der Waals surface area contributed by atoms with E-state index < -0.39 is 0 Å². The SMILES string of the molecule is C1=CNC(c2ccc(-c3cccc4cccc(C5N=C(c6ccccc6)N=C(c6ccccc6)N5)c34)cc2)N=C1. The van der Waals surface area contributed by atoms with Gasteiger partial charge in [0.1, 0.15) is 18.2 Å². The minimum Gasteiger partial charge on any atom is -0.366 e. The summed E-state index contributed by atoms with van der Waals surface area (Å²) in [6, 6.07) is 42.0. The number of benzene rings is 5. The molecule has 0 amide bonds. The predicted molar refractivity (Wildman–Crippen MR) is 165 cm³/mol. The van der Waals surface area contributed by atoms with E-state index in [0.717, 1.165) is 39.5 Å². The number of aliphatic imine (C=N–C) groups is 3. The second kappa shape index (κ2) is 10.5. The van der Waals surface area contributed by atoms with Crippen molar-refractivity contribution in [3.8, 4) is 11.1 Å². The molecule has 0 aromatic heterocycles. The fourth-order valence-electron chi connectivity index (χ4n) is 5.30. The molecule has 0 saturated heterocycles. The van der Waals surface area contributed by atoms with Crippen LogP contribution in [0.2, 0.25) is 0 Å². The van der Waals surface area contributed by atoms with Gasteiger partial charge in [-0.05, 0) is 39.7 Å². The maximum atomic E-state index is 5.15. The minimum absolute atomic E-state index is 0.0602. The molecule has 0 fully saturated rings. The molecule has 0 bridgehead atoms.